The van der Waals surface area contributed by atoms with E-state index in [0.29, 0.717) is 23.9 Å². The molecule has 6 heteroatoms. The van der Waals surface area contributed by atoms with E-state index < -0.39 is 0 Å². The molecule has 0 unspecified atom stereocenters. The van der Waals surface area contributed by atoms with Gasteiger partial charge >= 0.3 is 0 Å². The smallest absolute Gasteiger partial charge is 0.231 e. The maximum absolute atomic E-state index is 5.86. The third-order valence-corrected chi connectivity index (χ3v) is 4.11. The van der Waals surface area contributed by atoms with Crippen molar-refractivity contribution >= 4 is 17.8 Å². The highest BCUT2D eigenvalue weighted by molar-refractivity contribution is 5.43. The van der Waals surface area contributed by atoms with Crippen LogP contribution in [0.1, 0.15) is 46.0 Å². The van der Waals surface area contributed by atoms with Crippen LogP contribution in [0.2, 0.25) is 0 Å². The van der Waals surface area contributed by atoms with Crippen LogP contribution in [0.3, 0.4) is 0 Å². The fourth-order valence-corrected chi connectivity index (χ4v) is 2.81. The molecule has 0 saturated heterocycles. The van der Waals surface area contributed by atoms with Gasteiger partial charge in [0.1, 0.15) is 0 Å². The van der Waals surface area contributed by atoms with E-state index in [-0.39, 0.29) is 0 Å². The van der Waals surface area contributed by atoms with Crippen molar-refractivity contribution in [3.8, 4) is 0 Å². The fourth-order valence-electron chi connectivity index (χ4n) is 2.81. The van der Waals surface area contributed by atoms with Crippen LogP contribution >= 0.6 is 0 Å². The Labute approximate surface area is 121 Å². The fraction of sp³-hybridized carbons (Fsp3) is 0.786. The van der Waals surface area contributed by atoms with Gasteiger partial charge in [-0.15, -0.1) is 0 Å². The van der Waals surface area contributed by atoms with Crippen LogP contribution in [0.25, 0.3) is 0 Å². The molecule has 1 aliphatic carbocycles. The standard InChI is InChI=1S/C14H26N6/c1-4-20(5-2)14-17-12(15)16-13(18-14)19(3)11-9-7-6-8-10-11/h11H,4-10H2,1-3H3,(H2,15,16,17,18). The van der Waals surface area contributed by atoms with Crippen molar-refractivity contribution in [3.63, 3.8) is 0 Å². The first kappa shape index (κ1) is 14.8. The molecule has 20 heavy (non-hydrogen) atoms. The summed E-state index contributed by atoms with van der Waals surface area (Å²) in [5.74, 6) is 1.69. The highest BCUT2D eigenvalue weighted by atomic mass is 15.3. The Balaban J connectivity index is 2.22. The summed E-state index contributed by atoms with van der Waals surface area (Å²) in [4.78, 5) is 17.4. The summed E-state index contributed by atoms with van der Waals surface area (Å²) in [5, 5.41) is 0. The largest absolute Gasteiger partial charge is 0.368 e. The molecule has 0 amide bonds. The maximum atomic E-state index is 5.86. The number of nitrogens with two attached hydrogens (primary N) is 1. The Morgan fingerprint density at radius 2 is 1.60 bits per heavy atom. The van der Waals surface area contributed by atoms with Crippen molar-refractivity contribution in [1.82, 2.24) is 15.0 Å². The number of aromatic nitrogens is 3. The lowest BCUT2D eigenvalue weighted by Gasteiger charge is -2.31. The van der Waals surface area contributed by atoms with Gasteiger partial charge in [0.25, 0.3) is 0 Å². The summed E-state index contributed by atoms with van der Waals surface area (Å²) in [6.07, 6.45) is 6.34. The van der Waals surface area contributed by atoms with Crippen molar-refractivity contribution in [2.45, 2.75) is 52.0 Å². The molecule has 0 aromatic carbocycles. The first-order chi connectivity index (χ1) is 9.65. The minimum absolute atomic E-state index is 0.305. The molecule has 0 spiro atoms. The SMILES string of the molecule is CCN(CC)c1nc(N)nc(N(C)C2CCCCC2)n1. The van der Waals surface area contributed by atoms with Crippen LogP contribution in [0.15, 0.2) is 0 Å². The normalized spacial score (nSPS) is 16.1. The summed E-state index contributed by atoms with van der Waals surface area (Å²) in [6, 6.07) is 0.523. The zero-order chi connectivity index (χ0) is 14.5. The monoisotopic (exact) mass is 278 g/mol. The first-order valence-electron chi connectivity index (χ1n) is 7.65. The molecule has 0 radical (unpaired) electrons. The van der Waals surface area contributed by atoms with E-state index in [1.807, 2.05) is 0 Å². The van der Waals surface area contributed by atoms with Crippen molar-refractivity contribution in [1.29, 1.82) is 0 Å². The lowest BCUT2D eigenvalue weighted by Crippen LogP contribution is -2.35. The molecular formula is C14H26N6. The second-order valence-electron chi connectivity index (χ2n) is 5.37. The van der Waals surface area contributed by atoms with Crippen LogP contribution in [-0.2, 0) is 0 Å². The van der Waals surface area contributed by atoms with E-state index in [1.54, 1.807) is 0 Å². The lowest BCUT2D eigenvalue weighted by molar-refractivity contribution is 0.424. The Bertz CT molecular complexity index is 426. The molecule has 1 aliphatic rings. The molecule has 1 aromatic rings. The van der Waals surface area contributed by atoms with Crippen LogP contribution < -0.4 is 15.5 Å². The van der Waals surface area contributed by atoms with Gasteiger partial charge in [-0.2, -0.15) is 15.0 Å². The topological polar surface area (TPSA) is 71.2 Å². The predicted octanol–water partition coefficient (Wildman–Crippen LogP) is 2.07. The molecule has 0 atom stereocenters. The van der Waals surface area contributed by atoms with Gasteiger partial charge in [0.05, 0.1) is 0 Å². The lowest BCUT2D eigenvalue weighted by atomic mass is 9.95. The summed E-state index contributed by atoms with van der Waals surface area (Å²) in [5.41, 5.74) is 5.86. The van der Waals surface area contributed by atoms with Gasteiger partial charge in [-0.25, -0.2) is 0 Å². The molecule has 1 fully saturated rings. The summed E-state index contributed by atoms with van der Waals surface area (Å²) in [6.45, 7) is 5.92. The molecule has 0 bridgehead atoms. The molecule has 6 nitrogen and oxygen atoms in total. The van der Waals surface area contributed by atoms with Gasteiger partial charge in [-0.1, -0.05) is 19.3 Å². The third kappa shape index (κ3) is 3.29. The minimum Gasteiger partial charge on any atom is -0.368 e. The quantitative estimate of drug-likeness (QED) is 0.889. The molecule has 1 aromatic heterocycles. The summed E-state index contributed by atoms with van der Waals surface area (Å²) in [7, 11) is 2.07. The van der Waals surface area contributed by atoms with Gasteiger partial charge in [0, 0.05) is 26.2 Å². The maximum Gasteiger partial charge on any atom is 0.231 e. The van der Waals surface area contributed by atoms with E-state index in [4.69, 9.17) is 5.73 Å². The first-order valence-corrected chi connectivity index (χ1v) is 7.65. The van der Waals surface area contributed by atoms with Crippen LogP contribution in [0, 0.1) is 0 Å². The molecule has 1 heterocycles. The molecule has 1 saturated carbocycles. The number of anilines is 3. The van der Waals surface area contributed by atoms with Crippen molar-refractivity contribution in [2.75, 3.05) is 35.7 Å². The summed E-state index contributed by atoms with van der Waals surface area (Å²) < 4.78 is 0. The summed E-state index contributed by atoms with van der Waals surface area (Å²) >= 11 is 0. The van der Waals surface area contributed by atoms with Gasteiger partial charge in [0.15, 0.2) is 0 Å². The molecule has 0 aliphatic heterocycles. The second kappa shape index (κ2) is 6.72. The minimum atomic E-state index is 0.305. The Morgan fingerprint density at radius 1 is 1.00 bits per heavy atom. The highest BCUT2D eigenvalue weighted by Crippen LogP contribution is 2.25. The van der Waals surface area contributed by atoms with E-state index >= 15 is 0 Å². The van der Waals surface area contributed by atoms with Gasteiger partial charge < -0.3 is 15.5 Å². The van der Waals surface area contributed by atoms with Crippen LogP contribution in [0.4, 0.5) is 17.8 Å². The Kier molecular flexibility index (Phi) is 4.98. The zero-order valence-corrected chi connectivity index (χ0v) is 12.8. The number of nitrogens with zero attached hydrogens (tertiary/aromatic N) is 5. The average molecular weight is 278 g/mol. The van der Waals surface area contributed by atoms with Crippen molar-refractivity contribution in [3.05, 3.63) is 0 Å². The predicted molar refractivity (Wildman–Crippen MR) is 83.1 cm³/mol. The average Bonchev–Trinajstić information content (AvgIpc) is 2.48. The molecule has 112 valence electrons. The van der Waals surface area contributed by atoms with Gasteiger partial charge in [0.2, 0.25) is 17.8 Å². The van der Waals surface area contributed by atoms with E-state index in [9.17, 15) is 0 Å². The number of hydrogen-bond donors (Lipinski definition) is 1. The second-order valence-corrected chi connectivity index (χ2v) is 5.37. The molecular weight excluding hydrogens is 252 g/mol. The number of rotatable bonds is 5. The third-order valence-electron chi connectivity index (χ3n) is 4.11. The zero-order valence-electron chi connectivity index (χ0n) is 12.8. The van der Waals surface area contributed by atoms with Crippen LogP contribution in [-0.4, -0.2) is 41.1 Å². The van der Waals surface area contributed by atoms with Crippen LogP contribution in [0.5, 0.6) is 0 Å². The number of nitrogen functional groups attached to an aromatic ring is 1. The van der Waals surface area contributed by atoms with E-state index in [1.165, 1.54) is 32.1 Å². The Hall–Kier alpha value is -1.59. The molecule has 2 N–H and O–H groups in total. The molecule has 2 rings (SSSR count). The van der Waals surface area contributed by atoms with E-state index in [2.05, 4.69) is 45.6 Å². The van der Waals surface area contributed by atoms with Gasteiger partial charge in [-0.3, -0.25) is 0 Å². The Morgan fingerprint density at radius 3 is 2.20 bits per heavy atom. The van der Waals surface area contributed by atoms with Crippen molar-refractivity contribution < 1.29 is 0 Å². The van der Waals surface area contributed by atoms with Gasteiger partial charge in [-0.05, 0) is 26.7 Å². The van der Waals surface area contributed by atoms with Crippen molar-refractivity contribution in [2.24, 2.45) is 0 Å². The highest BCUT2D eigenvalue weighted by Gasteiger charge is 2.21. The van der Waals surface area contributed by atoms with E-state index in [0.717, 1.165) is 13.1 Å². The number of hydrogen-bond acceptors (Lipinski definition) is 6.